The second-order valence-electron chi connectivity index (χ2n) is 1.74. The van der Waals surface area contributed by atoms with Crippen molar-refractivity contribution in [1.29, 1.82) is 0 Å². The number of aryl methyl sites for hydroxylation is 1. The van der Waals surface area contributed by atoms with Crippen molar-refractivity contribution in [3.05, 3.63) is 28.0 Å². The molecule has 1 nitrogen and oxygen atoms in total. The monoisotopic (exact) mass is 161 g/mol. The summed E-state index contributed by atoms with van der Waals surface area (Å²) in [4.78, 5) is 3.92. The highest BCUT2D eigenvalue weighted by molar-refractivity contribution is 6.41. The van der Waals surface area contributed by atoms with Crippen LogP contribution in [0.5, 0.6) is 0 Å². The van der Waals surface area contributed by atoms with Crippen molar-refractivity contribution in [2.24, 2.45) is 0 Å². The van der Waals surface area contributed by atoms with E-state index in [-0.39, 0.29) is 0 Å². The lowest BCUT2D eigenvalue weighted by Gasteiger charge is -1.93. The van der Waals surface area contributed by atoms with Gasteiger partial charge in [0, 0.05) is 11.9 Å². The molecular weight excluding hydrogens is 157 g/mol. The van der Waals surface area contributed by atoms with Gasteiger partial charge in [0.2, 0.25) is 0 Å². The van der Waals surface area contributed by atoms with E-state index in [0.29, 0.717) is 10.0 Å². The van der Waals surface area contributed by atoms with Crippen LogP contribution in [-0.2, 0) is 0 Å². The molecular formula is C6H5Cl2N. The Kier molecular flexibility index (Phi) is 1.94. The van der Waals surface area contributed by atoms with Crippen LogP contribution >= 0.6 is 23.2 Å². The Balaban J connectivity index is 3.17. The molecule has 0 unspecified atom stereocenters. The Bertz CT molecular complexity index is 222. The second-order valence-corrected chi connectivity index (χ2v) is 2.55. The number of aromatic nitrogens is 1. The van der Waals surface area contributed by atoms with E-state index in [2.05, 4.69) is 4.98 Å². The Labute approximate surface area is 63.6 Å². The van der Waals surface area contributed by atoms with Crippen LogP contribution in [0.25, 0.3) is 0 Å². The Morgan fingerprint density at radius 2 is 2.00 bits per heavy atom. The summed E-state index contributed by atoms with van der Waals surface area (Å²) in [5, 5.41) is 1.06. The van der Waals surface area contributed by atoms with Gasteiger partial charge >= 0.3 is 0 Å². The predicted octanol–water partition coefficient (Wildman–Crippen LogP) is 2.70. The SMILES string of the molecule is Cc1cc(Cl)c(Cl)cn1. The van der Waals surface area contributed by atoms with Gasteiger partial charge < -0.3 is 0 Å². The summed E-state index contributed by atoms with van der Waals surface area (Å²) in [7, 11) is 0. The molecule has 0 atom stereocenters. The lowest BCUT2D eigenvalue weighted by molar-refractivity contribution is 1.20. The topological polar surface area (TPSA) is 12.9 Å². The average molecular weight is 162 g/mol. The van der Waals surface area contributed by atoms with Crippen molar-refractivity contribution in [3.8, 4) is 0 Å². The zero-order valence-corrected chi connectivity index (χ0v) is 6.37. The smallest absolute Gasteiger partial charge is 0.0775 e. The van der Waals surface area contributed by atoms with Crippen LogP contribution in [0.3, 0.4) is 0 Å². The molecule has 0 aromatic carbocycles. The minimum atomic E-state index is 0.502. The molecule has 1 heterocycles. The molecule has 48 valence electrons. The minimum Gasteiger partial charge on any atom is -0.260 e. The fourth-order valence-corrected chi connectivity index (χ4v) is 0.820. The highest BCUT2D eigenvalue weighted by Crippen LogP contribution is 2.19. The molecule has 0 spiro atoms. The van der Waals surface area contributed by atoms with Crippen molar-refractivity contribution < 1.29 is 0 Å². The third-order valence-corrected chi connectivity index (χ3v) is 1.66. The van der Waals surface area contributed by atoms with E-state index in [9.17, 15) is 0 Å². The molecule has 1 aromatic rings. The van der Waals surface area contributed by atoms with E-state index in [0.717, 1.165) is 5.69 Å². The number of hydrogen-bond donors (Lipinski definition) is 0. The minimum absolute atomic E-state index is 0.502. The number of halogens is 2. The van der Waals surface area contributed by atoms with Gasteiger partial charge in [-0.25, -0.2) is 0 Å². The molecule has 0 saturated heterocycles. The van der Waals surface area contributed by atoms with Crippen LogP contribution in [0, 0.1) is 6.92 Å². The molecule has 1 rings (SSSR count). The van der Waals surface area contributed by atoms with Crippen LogP contribution < -0.4 is 0 Å². The van der Waals surface area contributed by atoms with Gasteiger partial charge in [0.25, 0.3) is 0 Å². The van der Waals surface area contributed by atoms with Gasteiger partial charge in [-0.3, -0.25) is 4.98 Å². The van der Waals surface area contributed by atoms with E-state index < -0.39 is 0 Å². The Hall–Kier alpha value is -0.270. The maximum atomic E-state index is 5.64. The fourth-order valence-electron chi connectivity index (χ4n) is 0.510. The molecule has 9 heavy (non-hydrogen) atoms. The molecule has 0 aliphatic heterocycles. The first-order valence-electron chi connectivity index (χ1n) is 2.48. The molecule has 0 aliphatic carbocycles. The number of nitrogens with zero attached hydrogens (tertiary/aromatic N) is 1. The van der Waals surface area contributed by atoms with Gasteiger partial charge in [-0.1, -0.05) is 23.2 Å². The quantitative estimate of drug-likeness (QED) is 0.571. The molecule has 1 aromatic heterocycles. The van der Waals surface area contributed by atoms with Crippen LogP contribution in [-0.4, -0.2) is 4.98 Å². The van der Waals surface area contributed by atoms with Gasteiger partial charge in [-0.2, -0.15) is 0 Å². The Morgan fingerprint density at radius 1 is 1.33 bits per heavy atom. The first-order chi connectivity index (χ1) is 4.20. The van der Waals surface area contributed by atoms with Crippen molar-refractivity contribution in [1.82, 2.24) is 4.98 Å². The van der Waals surface area contributed by atoms with E-state index in [1.807, 2.05) is 6.92 Å². The summed E-state index contributed by atoms with van der Waals surface area (Å²) < 4.78 is 0. The van der Waals surface area contributed by atoms with Crippen molar-refractivity contribution >= 4 is 23.2 Å². The van der Waals surface area contributed by atoms with Crippen molar-refractivity contribution in [2.75, 3.05) is 0 Å². The highest BCUT2D eigenvalue weighted by Gasteiger charge is 1.94. The Morgan fingerprint density at radius 3 is 2.44 bits per heavy atom. The molecule has 0 aliphatic rings. The largest absolute Gasteiger partial charge is 0.260 e. The predicted molar refractivity (Wildman–Crippen MR) is 39.0 cm³/mol. The lowest BCUT2D eigenvalue weighted by atomic mass is 10.4. The maximum absolute atomic E-state index is 5.64. The van der Waals surface area contributed by atoms with Crippen molar-refractivity contribution in [3.63, 3.8) is 0 Å². The van der Waals surface area contributed by atoms with E-state index in [1.54, 1.807) is 12.3 Å². The molecule has 0 fully saturated rings. The summed E-state index contributed by atoms with van der Waals surface area (Å²) in [5.41, 5.74) is 0.879. The molecule has 3 heteroatoms. The van der Waals surface area contributed by atoms with Crippen molar-refractivity contribution in [2.45, 2.75) is 6.92 Å². The zero-order chi connectivity index (χ0) is 6.85. The summed E-state index contributed by atoms with van der Waals surface area (Å²) >= 11 is 11.2. The number of rotatable bonds is 0. The van der Waals surface area contributed by atoms with Gasteiger partial charge in [-0.05, 0) is 13.0 Å². The number of hydrogen-bond acceptors (Lipinski definition) is 1. The van der Waals surface area contributed by atoms with Gasteiger partial charge in [-0.15, -0.1) is 0 Å². The molecule has 0 radical (unpaired) electrons. The van der Waals surface area contributed by atoms with Crippen LogP contribution in [0.15, 0.2) is 12.3 Å². The maximum Gasteiger partial charge on any atom is 0.0775 e. The van der Waals surface area contributed by atoms with E-state index >= 15 is 0 Å². The third kappa shape index (κ3) is 1.57. The van der Waals surface area contributed by atoms with Crippen LogP contribution in [0.1, 0.15) is 5.69 Å². The molecule has 0 amide bonds. The third-order valence-electron chi connectivity index (χ3n) is 0.945. The van der Waals surface area contributed by atoms with Gasteiger partial charge in [0.05, 0.1) is 10.0 Å². The highest BCUT2D eigenvalue weighted by atomic mass is 35.5. The summed E-state index contributed by atoms with van der Waals surface area (Å²) in [6.45, 7) is 1.86. The normalized spacial score (nSPS) is 9.67. The average Bonchev–Trinajstić information content (AvgIpc) is 1.80. The van der Waals surface area contributed by atoms with E-state index in [1.165, 1.54) is 0 Å². The van der Waals surface area contributed by atoms with E-state index in [4.69, 9.17) is 23.2 Å². The molecule has 0 saturated carbocycles. The molecule has 0 bridgehead atoms. The summed E-state index contributed by atoms with van der Waals surface area (Å²) in [6, 6.07) is 1.73. The first-order valence-corrected chi connectivity index (χ1v) is 3.23. The van der Waals surface area contributed by atoms with Gasteiger partial charge in [0.15, 0.2) is 0 Å². The fraction of sp³-hybridized carbons (Fsp3) is 0.167. The van der Waals surface area contributed by atoms with Crippen LogP contribution in [0.2, 0.25) is 10.0 Å². The summed E-state index contributed by atoms with van der Waals surface area (Å²) in [5.74, 6) is 0. The zero-order valence-electron chi connectivity index (χ0n) is 4.86. The number of pyridine rings is 1. The van der Waals surface area contributed by atoms with Gasteiger partial charge in [0.1, 0.15) is 0 Å². The first kappa shape index (κ1) is 6.84. The van der Waals surface area contributed by atoms with Crippen LogP contribution in [0.4, 0.5) is 0 Å². The standard InChI is InChI=1S/C6H5Cl2N/c1-4-2-5(7)6(8)3-9-4/h2-3H,1H3. The second kappa shape index (κ2) is 2.54. The summed E-state index contributed by atoms with van der Waals surface area (Å²) in [6.07, 6.45) is 1.54. The lowest BCUT2D eigenvalue weighted by Crippen LogP contribution is -1.78. The molecule has 0 N–H and O–H groups in total.